The maximum Gasteiger partial charge on any atom is 0.410 e. The van der Waals surface area contributed by atoms with Gasteiger partial charge >= 0.3 is 12.2 Å². The van der Waals surface area contributed by atoms with Crippen molar-refractivity contribution in [1.82, 2.24) is 35.1 Å². The molecule has 2 saturated heterocycles. The van der Waals surface area contributed by atoms with Gasteiger partial charge in [-0.05, 0) is 98.7 Å². The molecule has 0 radical (unpaired) electrons. The van der Waals surface area contributed by atoms with Crippen LogP contribution in [-0.2, 0) is 20.9 Å². The van der Waals surface area contributed by atoms with Gasteiger partial charge < -0.3 is 34.4 Å². The molecule has 0 unspecified atom stereocenters. The van der Waals surface area contributed by atoms with Crippen molar-refractivity contribution in [1.29, 1.82) is 0 Å². The predicted octanol–water partition coefficient (Wildman–Crippen LogP) is 7.78. The number of H-pyrrole nitrogens is 2. The fourth-order valence-electron chi connectivity index (χ4n) is 8.07. The number of hydrogen-bond donors (Lipinski definition) is 3. The van der Waals surface area contributed by atoms with Crippen molar-refractivity contribution in [2.75, 3.05) is 20.2 Å². The van der Waals surface area contributed by atoms with E-state index in [0.717, 1.165) is 92.8 Å². The molecular formula is C41H47N7O6. The maximum atomic E-state index is 13.6. The number of likely N-dealkylation sites (tertiary alicyclic amines) is 2. The molecule has 3 N–H and O–H groups in total. The van der Waals surface area contributed by atoms with Gasteiger partial charge in [0.05, 0.1) is 42.1 Å². The Morgan fingerprint density at radius 1 is 0.944 bits per heavy atom. The molecule has 54 heavy (non-hydrogen) atoms. The van der Waals surface area contributed by atoms with Crippen molar-refractivity contribution in [3.8, 4) is 28.1 Å². The van der Waals surface area contributed by atoms with E-state index >= 15 is 0 Å². The molecule has 2 fully saturated rings. The molecule has 5 heterocycles. The van der Waals surface area contributed by atoms with Crippen LogP contribution in [0.15, 0.2) is 48.7 Å². The second-order valence-electron chi connectivity index (χ2n) is 15.9. The summed E-state index contributed by atoms with van der Waals surface area (Å²) in [6.45, 7) is 11.1. The molecule has 8 rings (SSSR count). The quantitative estimate of drug-likeness (QED) is 0.160. The standard InChI is InChI=1S/C41H47N7O6/c1-22(2)34(46-39(50)52-6)38(49)47-15-7-9-31(47)36-42-20-30(44-36)24-11-13-26-25(17-24)21-53-33-19-27-23(18-28(26)33)12-14-29-35(27)45-37(43-29)32-10-8-16-48(32)40(51)54-41(3,4)5/h11-14,17-20,22,31-32,34H,7-10,15-16,21H2,1-6H3,(H,42,44)(H,43,45)(H,46,50)/t31-,32-,34-/m0/s1. The average molecular weight is 734 g/mol. The molecule has 0 bridgehead atoms. The molecule has 13 nitrogen and oxygen atoms in total. The van der Waals surface area contributed by atoms with E-state index in [1.807, 2.05) is 51.8 Å². The highest BCUT2D eigenvalue weighted by atomic mass is 16.6. The van der Waals surface area contributed by atoms with Crippen molar-refractivity contribution in [3.05, 3.63) is 65.9 Å². The van der Waals surface area contributed by atoms with Crippen LogP contribution in [-0.4, -0.2) is 79.7 Å². The summed E-state index contributed by atoms with van der Waals surface area (Å²) in [5.74, 6) is 2.05. The number of amides is 3. The second kappa shape index (κ2) is 13.7. The number of aromatic amines is 2. The number of carbonyl (C=O) groups is 3. The summed E-state index contributed by atoms with van der Waals surface area (Å²) in [5, 5.41) is 4.78. The maximum absolute atomic E-state index is 13.6. The van der Waals surface area contributed by atoms with E-state index < -0.39 is 17.7 Å². The minimum Gasteiger partial charge on any atom is -0.488 e. The number of carbonyl (C=O) groups excluding carboxylic acids is 3. The van der Waals surface area contributed by atoms with Gasteiger partial charge in [0.2, 0.25) is 5.91 Å². The van der Waals surface area contributed by atoms with Crippen LogP contribution >= 0.6 is 0 Å². The van der Waals surface area contributed by atoms with Gasteiger partial charge in [-0.3, -0.25) is 9.69 Å². The van der Waals surface area contributed by atoms with Crippen molar-refractivity contribution >= 4 is 39.9 Å². The van der Waals surface area contributed by atoms with Crippen molar-refractivity contribution in [3.63, 3.8) is 0 Å². The Hall–Kier alpha value is -5.59. The van der Waals surface area contributed by atoms with Gasteiger partial charge in [0.15, 0.2) is 0 Å². The zero-order valence-electron chi connectivity index (χ0n) is 31.6. The number of fused-ring (bicyclic) bond motifs is 6. The van der Waals surface area contributed by atoms with Gasteiger partial charge in [0.1, 0.15) is 35.6 Å². The molecule has 0 aliphatic carbocycles. The Kier molecular flexibility index (Phi) is 8.98. The van der Waals surface area contributed by atoms with E-state index in [2.05, 4.69) is 51.7 Å². The summed E-state index contributed by atoms with van der Waals surface area (Å²) in [6, 6.07) is 13.7. The Morgan fingerprint density at radius 3 is 2.44 bits per heavy atom. The highest BCUT2D eigenvalue weighted by molar-refractivity contribution is 6.07. The van der Waals surface area contributed by atoms with E-state index in [1.54, 1.807) is 4.90 Å². The summed E-state index contributed by atoms with van der Waals surface area (Å²) >= 11 is 0. The predicted molar refractivity (Wildman–Crippen MR) is 204 cm³/mol. The monoisotopic (exact) mass is 733 g/mol. The van der Waals surface area contributed by atoms with Gasteiger partial charge in [-0.1, -0.05) is 32.0 Å². The molecule has 13 heteroatoms. The highest BCUT2D eigenvalue weighted by Gasteiger charge is 2.38. The number of alkyl carbamates (subject to hydrolysis) is 1. The van der Waals surface area contributed by atoms with Gasteiger partial charge in [0.25, 0.3) is 0 Å². The Morgan fingerprint density at radius 2 is 1.70 bits per heavy atom. The lowest BCUT2D eigenvalue weighted by atomic mass is 9.92. The van der Waals surface area contributed by atoms with Crippen molar-refractivity contribution < 1.29 is 28.6 Å². The third-order valence-corrected chi connectivity index (χ3v) is 10.7. The molecule has 3 amide bonds. The fourth-order valence-corrected chi connectivity index (χ4v) is 8.07. The summed E-state index contributed by atoms with van der Waals surface area (Å²) < 4.78 is 16.9. The first-order chi connectivity index (χ1) is 25.9. The summed E-state index contributed by atoms with van der Waals surface area (Å²) in [7, 11) is 1.29. The van der Waals surface area contributed by atoms with Crippen molar-refractivity contribution in [2.24, 2.45) is 5.92 Å². The number of imidazole rings is 2. The Labute approximate surface area is 313 Å². The van der Waals surface area contributed by atoms with Crippen LogP contribution in [0, 0.1) is 5.92 Å². The van der Waals surface area contributed by atoms with Gasteiger partial charge in [-0.15, -0.1) is 0 Å². The van der Waals surface area contributed by atoms with Crippen LogP contribution in [0.3, 0.4) is 0 Å². The van der Waals surface area contributed by atoms with E-state index in [9.17, 15) is 14.4 Å². The molecule has 5 aromatic rings. The molecular weight excluding hydrogens is 686 g/mol. The first-order valence-corrected chi connectivity index (χ1v) is 18.8. The van der Waals surface area contributed by atoms with Gasteiger partial charge in [-0.2, -0.15) is 0 Å². The fraction of sp³-hybridized carbons (Fsp3) is 0.439. The zero-order valence-corrected chi connectivity index (χ0v) is 31.6. The first kappa shape index (κ1) is 35.4. The zero-order chi connectivity index (χ0) is 37.9. The third-order valence-electron chi connectivity index (χ3n) is 10.7. The van der Waals surface area contributed by atoms with Crippen LogP contribution in [0.4, 0.5) is 9.59 Å². The Bertz CT molecular complexity index is 2270. The number of rotatable bonds is 6. The first-order valence-electron chi connectivity index (χ1n) is 18.8. The lowest BCUT2D eigenvalue weighted by Gasteiger charge is -2.30. The number of hydrogen-bond acceptors (Lipinski definition) is 8. The molecule has 3 aliphatic rings. The second-order valence-corrected chi connectivity index (χ2v) is 15.9. The SMILES string of the molecule is COC(=O)N[C@H](C(=O)N1CCC[C@H]1c1ncc(-c2ccc3c(c2)COc2cc4c(ccc5nc([C@@H]6CCCN6C(=O)OC(C)(C)C)[nH]c54)cc2-3)[nH]1)C(C)C. The smallest absolute Gasteiger partial charge is 0.410 e. The minimum atomic E-state index is -0.690. The van der Waals surface area contributed by atoms with Gasteiger partial charge in [0, 0.05) is 24.0 Å². The summed E-state index contributed by atoms with van der Waals surface area (Å²) in [5.41, 5.74) is 6.22. The number of aromatic nitrogens is 4. The normalized spacial score (nSPS) is 18.8. The largest absolute Gasteiger partial charge is 0.488 e. The van der Waals surface area contributed by atoms with Crippen LogP contribution in [0.5, 0.6) is 5.75 Å². The number of nitrogens with zero attached hydrogens (tertiary/aromatic N) is 4. The number of methoxy groups -OCH3 is 1. The van der Waals surface area contributed by atoms with E-state index in [4.69, 9.17) is 24.2 Å². The minimum absolute atomic E-state index is 0.106. The Balaban J connectivity index is 1.04. The van der Waals surface area contributed by atoms with Crippen LogP contribution < -0.4 is 10.1 Å². The molecule has 3 aromatic carbocycles. The van der Waals surface area contributed by atoms with E-state index in [0.29, 0.717) is 19.7 Å². The summed E-state index contributed by atoms with van der Waals surface area (Å²) in [4.78, 5) is 58.9. The molecule has 2 aromatic heterocycles. The van der Waals surface area contributed by atoms with Gasteiger partial charge in [-0.25, -0.2) is 19.6 Å². The van der Waals surface area contributed by atoms with Crippen molar-refractivity contribution in [2.45, 2.75) is 90.6 Å². The lowest BCUT2D eigenvalue weighted by Crippen LogP contribution is -2.51. The molecule has 282 valence electrons. The molecule has 3 aliphatic heterocycles. The lowest BCUT2D eigenvalue weighted by molar-refractivity contribution is -0.135. The highest BCUT2D eigenvalue weighted by Crippen LogP contribution is 2.43. The number of nitrogens with one attached hydrogen (secondary N) is 3. The molecule has 0 saturated carbocycles. The molecule has 3 atom stereocenters. The topological polar surface area (TPSA) is 155 Å². The van der Waals surface area contributed by atoms with Crippen LogP contribution in [0.1, 0.15) is 89.6 Å². The van der Waals surface area contributed by atoms with E-state index in [-0.39, 0.29) is 30.0 Å². The van der Waals surface area contributed by atoms with E-state index in [1.165, 1.54) is 7.11 Å². The third kappa shape index (κ3) is 6.49. The summed E-state index contributed by atoms with van der Waals surface area (Å²) in [6.07, 6.45) is 4.22. The van der Waals surface area contributed by atoms with Crippen LogP contribution in [0.2, 0.25) is 0 Å². The number of benzene rings is 3. The molecule has 0 spiro atoms. The average Bonchev–Trinajstić information content (AvgIpc) is 3.97. The number of ether oxygens (including phenoxy) is 3. The van der Waals surface area contributed by atoms with Crippen LogP contribution in [0.25, 0.3) is 44.2 Å².